The van der Waals surface area contributed by atoms with E-state index in [1.807, 2.05) is 37.3 Å². The molecule has 2 aromatic carbocycles. The molecule has 0 bridgehead atoms. The van der Waals surface area contributed by atoms with E-state index in [0.29, 0.717) is 0 Å². The number of halogens is 1. The fourth-order valence-electron chi connectivity index (χ4n) is 2.03. The minimum Gasteiger partial charge on any atom is -0.329 e. The number of nitrogens with one attached hydrogen (secondary N) is 1. The van der Waals surface area contributed by atoms with E-state index in [2.05, 4.69) is 5.32 Å². The third-order valence-corrected chi connectivity index (χ3v) is 3.13. The molecule has 1 amide bonds. The summed E-state index contributed by atoms with van der Waals surface area (Å²) in [6, 6.07) is 13.8. The van der Waals surface area contributed by atoms with Crippen molar-refractivity contribution in [2.45, 2.75) is 12.8 Å². The summed E-state index contributed by atoms with van der Waals surface area (Å²) in [5.74, 6) is -1.24. The summed E-state index contributed by atoms with van der Waals surface area (Å²) in [6.45, 7) is 2.01. The summed E-state index contributed by atoms with van der Waals surface area (Å²) in [4.78, 5) is 12.2. The average Bonchev–Trinajstić information content (AvgIpc) is 2.45. The highest BCUT2D eigenvalue weighted by Gasteiger charge is 2.19. The number of hydrogen-bond acceptors (Lipinski definition) is 2. The lowest BCUT2D eigenvalue weighted by atomic mass is 9.98. The van der Waals surface area contributed by atoms with Crippen LogP contribution < -0.4 is 11.1 Å². The molecule has 4 heteroatoms. The fraction of sp³-hybridized carbons (Fsp3) is 0.188. The van der Waals surface area contributed by atoms with E-state index in [4.69, 9.17) is 5.73 Å². The summed E-state index contributed by atoms with van der Waals surface area (Å²) in [7, 11) is 0. The molecule has 0 aliphatic carbocycles. The Morgan fingerprint density at radius 1 is 1.25 bits per heavy atom. The van der Waals surface area contributed by atoms with Gasteiger partial charge in [0.25, 0.3) is 0 Å². The third-order valence-electron chi connectivity index (χ3n) is 3.13. The molecular weight excluding hydrogens is 255 g/mol. The van der Waals surface area contributed by atoms with Gasteiger partial charge in [-0.25, -0.2) is 4.39 Å². The van der Waals surface area contributed by atoms with Gasteiger partial charge in [0.05, 0.1) is 11.6 Å². The van der Waals surface area contributed by atoms with Gasteiger partial charge in [-0.15, -0.1) is 0 Å². The molecule has 0 fully saturated rings. The Hall–Kier alpha value is -2.20. The Labute approximate surface area is 117 Å². The lowest BCUT2D eigenvalue weighted by Crippen LogP contribution is -2.27. The van der Waals surface area contributed by atoms with Crippen LogP contribution >= 0.6 is 0 Å². The number of nitrogens with two attached hydrogens (primary N) is 1. The minimum absolute atomic E-state index is 0.170. The molecule has 0 saturated carbocycles. The van der Waals surface area contributed by atoms with Crippen LogP contribution in [0.4, 0.5) is 10.1 Å². The average molecular weight is 272 g/mol. The van der Waals surface area contributed by atoms with Gasteiger partial charge in [-0.05, 0) is 30.2 Å². The van der Waals surface area contributed by atoms with Crippen LogP contribution in [0.3, 0.4) is 0 Å². The molecule has 1 atom stereocenters. The lowest BCUT2D eigenvalue weighted by Gasteiger charge is -2.16. The van der Waals surface area contributed by atoms with Gasteiger partial charge in [0.1, 0.15) is 5.82 Å². The van der Waals surface area contributed by atoms with Gasteiger partial charge in [0.2, 0.25) is 5.91 Å². The Morgan fingerprint density at radius 2 is 1.95 bits per heavy atom. The number of hydrogen-bond donors (Lipinski definition) is 2. The highest BCUT2D eigenvalue weighted by molar-refractivity contribution is 5.96. The van der Waals surface area contributed by atoms with Crippen molar-refractivity contribution in [3.8, 4) is 0 Å². The van der Waals surface area contributed by atoms with Crippen LogP contribution in [0.15, 0.2) is 48.5 Å². The highest BCUT2D eigenvalue weighted by Crippen LogP contribution is 2.20. The van der Waals surface area contributed by atoms with Gasteiger partial charge < -0.3 is 11.1 Å². The minimum atomic E-state index is -0.490. The number of aryl methyl sites for hydroxylation is 1. The first-order valence-corrected chi connectivity index (χ1v) is 6.44. The quantitative estimate of drug-likeness (QED) is 0.899. The zero-order valence-corrected chi connectivity index (χ0v) is 11.3. The number of carbonyl (C=O) groups excluding carboxylic acids is 1. The molecule has 3 N–H and O–H groups in total. The smallest absolute Gasteiger partial charge is 0.233 e. The van der Waals surface area contributed by atoms with Gasteiger partial charge in [-0.1, -0.05) is 36.4 Å². The number of carbonyl (C=O) groups is 1. The first-order valence-electron chi connectivity index (χ1n) is 6.44. The maximum atomic E-state index is 13.7. The Bertz CT molecular complexity index is 599. The molecule has 0 spiro atoms. The van der Waals surface area contributed by atoms with E-state index >= 15 is 0 Å². The molecule has 2 aromatic rings. The van der Waals surface area contributed by atoms with Crippen LogP contribution in [-0.4, -0.2) is 12.5 Å². The van der Waals surface area contributed by atoms with Crippen LogP contribution in [0.5, 0.6) is 0 Å². The van der Waals surface area contributed by atoms with Gasteiger partial charge in [-0.2, -0.15) is 0 Å². The molecule has 1 unspecified atom stereocenters. The first-order chi connectivity index (χ1) is 9.61. The second kappa shape index (κ2) is 6.30. The molecule has 0 aliphatic heterocycles. The molecule has 20 heavy (non-hydrogen) atoms. The number of rotatable bonds is 4. The highest BCUT2D eigenvalue weighted by atomic mass is 19.1. The normalized spacial score (nSPS) is 11.9. The summed E-state index contributed by atoms with van der Waals surface area (Å²) in [5, 5.41) is 2.61. The molecule has 2 rings (SSSR count). The maximum absolute atomic E-state index is 13.7. The monoisotopic (exact) mass is 272 g/mol. The van der Waals surface area contributed by atoms with Crippen molar-refractivity contribution in [1.29, 1.82) is 0 Å². The Morgan fingerprint density at radius 3 is 2.60 bits per heavy atom. The lowest BCUT2D eigenvalue weighted by molar-refractivity contribution is -0.117. The Balaban J connectivity index is 2.20. The summed E-state index contributed by atoms with van der Waals surface area (Å²) < 4.78 is 13.7. The van der Waals surface area contributed by atoms with Gasteiger partial charge >= 0.3 is 0 Å². The van der Waals surface area contributed by atoms with E-state index in [1.54, 1.807) is 12.1 Å². The number of anilines is 1. The predicted molar refractivity (Wildman–Crippen MR) is 78.0 cm³/mol. The molecule has 0 saturated heterocycles. The summed E-state index contributed by atoms with van der Waals surface area (Å²) in [5.41, 5.74) is 7.56. The van der Waals surface area contributed by atoms with Gasteiger partial charge in [0, 0.05) is 6.54 Å². The maximum Gasteiger partial charge on any atom is 0.233 e. The van der Waals surface area contributed by atoms with Gasteiger partial charge in [0.15, 0.2) is 0 Å². The van der Waals surface area contributed by atoms with Crippen molar-refractivity contribution in [2.75, 3.05) is 11.9 Å². The van der Waals surface area contributed by atoms with Crippen LogP contribution in [0.2, 0.25) is 0 Å². The van der Waals surface area contributed by atoms with Gasteiger partial charge in [-0.3, -0.25) is 4.79 Å². The number of amides is 1. The SMILES string of the molecule is Cc1ccc(F)c(NC(=O)C(CN)c2ccccc2)c1. The van der Waals surface area contributed by atoms with Crippen LogP contribution in [0.1, 0.15) is 17.0 Å². The van der Waals surface area contributed by atoms with Crippen LogP contribution in [0, 0.1) is 12.7 Å². The first kappa shape index (κ1) is 14.2. The summed E-state index contributed by atoms with van der Waals surface area (Å²) in [6.07, 6.45) is 0. The second-order valence-electron chi connectivity index (χ2n) is 4.67. The molecule has 0 aromatic heterocycles. The van der Waals surface area contributed by atoms with E-state index in [-0.39, 0.29) is 18.1 Å². The van der Waals surface area contributed by atoms with Crippen molar-refractivity contribution in [3.63, 3.8) is 0 Å². The second-order valence-corrected chi connectivity index (χ2v) is 4.67. The predicted octanol–water partition coefficient (Wildman–Crippen LogP) is 2.82. The summed E-state index contributed by atoms with van der Waals surface area (Å²) >= 11 is 0. The van der Waals surface area contributed by atoms with Crippen LogP contribution in [-0.2, 0) is 4.79 Å². The van der Waals surface area contributed by atoms with Crippen molar-refractivity contribution in [3.05, 3.63) is 65.5 Å². The van der Waals surface area contributed by atoms with E-state index in [0.717, 1.165) is 11.1 Å². The molecule has 104 valence electrons. The third kappa shape index (κ3) is 3.22. The van der Waals surface area contributed by atoms with Crippen molar-refractivity contribution in [1.82, 2.24) is 0 Å². The molecule has 0 aliphatic rings. The molecule has 3 nitrogen and oxygen atoms in total. The van der Waals surface area contributed by atoms with Crippen molar-refractivity contribution in [2.24, 2.45) is 5.73 Å². The van der Waals surface area contributed by atoms with Crippen molar-refractivity contribution >= 4 is 11.6 Å². The number of benzene rings is 2. The topological polar surface area (TPSA) is 55.1 Å². The zero-order valence-electron chi connectivity index (χ0n) is 11.3. The van der Waals surface area contributed by atoms with E-state index in [9.17, 15) is 9.18 Å². The van der Waals surface area contributed by atoms with E-state index < -0.39 is 11.7 Å². The fourth-order valence-corrected chi connectivity index (χ4v) is 2.03. The van der Waals surface area contributed by atoms with Crippen LogP contribution in [0.25, 0.3) is 0 Å². The standard InChI is InChI=1S/C16H17FN2O/c1-11-7-8-14(17)15(9-11)19-16(20)13(10-18)12-5-3-2-4-6-12/h2-9,13H,10,18H2,1H3,(H,19,20). The molecule has 0 radical (unpaired) electrons. The van der Waals surface area contributed by atoms with E-state index in [1.165, 1.54) is 6.07 Å². The largest absolute Gasteiger partial charge is 0.329 e. The zero-order chi connectivity index (χ0) is 14.5. The molecular formula is C16H17FN2O. The molecule has 0 heterocycles. The Kier molecular flexibility index (Phi) is 4.48. The van der Waals surface area contributed by atoms with Crippen molar-refractivity contribution < 1.29 is 9.18 Å².